The molecule has 0 amide bonds. The Morgan fingerprint density at radius 2 is 2.46 bits per heavy atom. The number of nitrogens with one attached hydrogen (secondary N) is 1. The molecule has 2 aromatic heterocycles. The van der Waals surface area contributed by atoms with Gasteiger partial charge in [0.15, 0.2) is 5.65 Å². The summed E-state index contributed by atoms with van der Waals surface area (Å²) in [6.07, 6.45) is 7.87. The third-order valence-electron chi connectivity index (χ3n) is 2.43. The van der Waals surface area contributed by atoms with Crippen molar-refractivity contribution in [1.29, 1.82) is 0 Å². The topological polar surface area (TPSA) is 42.2 Å². The van der Waals surface area contributed by atoms with Crippen LogP contribution in [0.5, 0.6) is 0 Å². The third-order valence-corrected chi connectivity index (χ3v) is 2.43. The van der Waals surface area contributed by atoms with Gasteiger partial charge >= 0.3 is 0 Å². The third kappa shape index (κ3) is 0.915. The molecule has 3 rings (SSSR count). The van der Waals surface area contributed by atoms with Gasteiger partial charge in [0.25, 0.3) is 0 Å². The maximum absolute atomic E-state index is 4.27. The van der Waals surface area contributed by atoms with E-state index in [2.05, 4.69) is 15.4 Å². The molecule has 0 saturated carbocycles. The molecule has 0 unspecified atom stereocenters. The molecule has 0 aromatic carbocycles. The maximum atomic E-state index is 4.27. The molecule has 0 aliphatic carbocycles. The molecule has 66 valence electrons. The Morgan fingerprint density at radius 3 is 3.46 bits per heavy atom. The SMILES string of the molecule is c1cn2ncc3c(c2n1)NCCC3. The van der Waals surface area contributed by atoms with Gasteiger partial charge in [-0.3, -0.25) is 0 Å². The van der Waals surface area contributed by atoms with Gasteiger partial charge in [-0.25, -0.2) is 9.50 Å². The van der Waals surface area contributed by atoms with Crippen LogP contribution in [0.3, 0.4) is 0 Å². The van der Waals surface area contributed by atoms with E-state index in [0.717, 1.165) is 24.3 Å². The summed E-state index contributed by atoms with van der Waals surface area (Å²) in [5.41, 5.74) is 3.38. The lowest BCUT2D eigenvalue weighted by atomic mass is 10.1. The fraction of sp³-hybridized carbons (Fsp3) is 0.333. The molecule has 13 heavy (non-hydrogen) atoms. The fourth-order valence-corrected chi connectivity index (χ4v) is 1.78. The zero-order chi connectivity index (χ0) is 8.67. The molecule has 0 bridgehead atoms. The van der Waals surface area contributed by atoms with E-state index < -0.39 is 0 Å². The number of anilines is 1. The molecular formula is C9H10N4. The Kier molecular flexibility index (Phi) is 1.30. The highest BCUT2D eigenvalue weighted by atomic mass is 15.2. The highest BCUT2D eigenvalue weighted by Gasteiger charge is 2.12. The predicted octanol–water partition coefficient (Wildman–Crippen LogP) is 1.09. The molecule has 0 spiro atoms. The predicted molar refractivity (Wildman–Crippen MR) is 49.8 cm³/mol. The van der Waals surface area contributed by atoms with E-state index in [4.69, 9.17) is 0 Å². The average molecular weight is 174 g/mol. The van der Waals surface area contributed by atoms with Crippen molar-refractivity contribution in [3.8, 4) is 0 Å². The number of nitrogens with zero attached hydrogens (tertiary/aromatic N) is 3. The number of aromatic nitrogens is 3. The lowest BCUT2D eigenvalue weighted by Gasteiger charge is -2.17. The van der Waals surface area contributed by atoms with Crippen molar-refractivity contribution in [2.24, 2.45) is 0 Å². The van der Waals surface area contributed by atoms with Crippen molar-refractivity contribution < 1.29 is 0 Å². The zero-order valence-corrected chi connectivity index (χ0v) is 7.20. The van der Waals surface area contributed by atoms with Crippen molar-refractivity contribution >= 4 is 11.3 Å². The minimum atomic E-state index is 0.942. The van der Waals surface area contributed by atoms with Gasteiger partial charge in [-0.1, -0.05) is 0 Å². The van der Waals surface area contributed by atoms with Crippen LogP contribution in [0.1, 0.15) is 12.0 Å². The van der Waals surface area contributed by atoms with E-state index in [-0.39, 0.29) is 0 Å². The molecule has 2 aromatic rings. The summed E-state index contributed by atoms with van der Waals surface area (Å²) in [5.74, 6) is 0. The van der Waals surface area contributed by atoms with E-state index in [0.29, 0.717) is 0 Å². The second-order valence-electron chi connectivity index (χ2n) is 3.27. The molecule has 0 saturated heterocycles. The first-order valence-corrected chi connectivity index (χ1v) is 4.50. The minimum Gasteiger partial charge on any atom is -0.382 e. The van der Waals surface area contributed by atoms with Crippen LogP contribution < -0.4 is 5.32 Å². The first kappa shape index (κ1) is 6.88. The number of imidazole rings is 1. The van der Waals surface area contributed by atoms with Crippen molar-refractivity contribution in [3.63, 3.8) is 0 Å². The molecule has 3 heterocycles. The molecule has 4 nitrogen and oxygen atoms in total. The van der Waals surface area contributed by atoms with Gasteiger partial charge in [-0.05, 0) is 18.4 Å². The summed E-state index contributed by atoms with van der Waals surface area (Å²) < 4.78 is 1.80. The van der Waals surface area contributed by atoms with E-state index in [1.807, 2.05) is 12.4 Å². The lowest BCUT2D eigenvalue weighted by molar-refractivity contribution is 0.805. The molecule has 1 N–H and O–H groups in total. The molecule has 4 heteroatoms. The van der Waals surface area contributed by atoms with E-state index in [1.165, 1.54) is 12.0 Å². The number of hydrogen-bond acceptors (Lipinski definition) is 3. The van der Waals surface area contributed by atoms with Crippen LogP contribution in [-0.4, -0.2) is 21.1 Å². The summed E-state index contributed by atoms with van der Waals surface area (Å²) in [4.78, 5) is 4.27. The number of aryl methyl sites for hydroxylation is 1. The van der Waals surface area contributed by atoms with Gasteiger partial charge in [-0.2, -0.15) is 5.10 Å². The van der Waals surface area contributed by atoms with E-state index in [1.54, 1.807) is 10.7 Å². The molecule has 0 fully saturated rings. The summed E-state index contributed by atoms with van der Waals surface area (Å²) >= 11 is 0. The number of fused-ring (bicyclic) bond motifs is 3. The molecule has 1 aliphatic heterocycles. The first-order chi connectivity index (χ1) is 6.45. The summed E-state index contributed by atoms with van der Waals surface area (Å²) in [7, 11) is 0. The van der Waals surface area contributed by atoms with Crippen LogP contribution in [-0.2, 0) is 6.42 Å². The second kappa shape index (κ2) is 2.45. The van der Waals surface area contributed by atoms with Gasteiger partial charge in [0.2, 0.25) is 0 Å². The normalized spacial score (nSPS) is 15.4. The van der Waals surface area contributed by atoms with Crippen LogP contribution >= 0.6 is 0 Å². The van der Waals surface area contributed by atoms with Crippen LogP contribution in [0.25, 0.3) is 5.65 Å². The second-order valence-corrected chi connectivity index (χ2v) is 3.27. The van der Waals surface area contributed by atoms with Crippen molar-refractivity contribution in [2.45, 2.75) is 12.8 Å². The monoisotopic (exact) mass is 174 g/mol. The van der Waals surface area contributed by atoms with Crippen molar-refractivity contribution in [3.05, 3.63) is 24.2 Å². The van der Waals surface area contributed by atoms with Gasteiger partial charge in [0, 0.05) is 18.9 Å². The largest absolute Gasteiger partial charge is 0.382 e. The van der Waals surface area contributed by atoms with Crippen molar-refractivity contribution in [2.75, 3.05) is 11.9 Å². The van der Waals surface area contributed by atoms with Crippen molar-refractivity contribution in [1.82, 2.24) is 14.6 Å². The fourth-order valence-electron chi connectivity index (χ4n) is 1.78. The van der Waals surface area contributed by atoms with Crippen LogP contribution in [0, 0.1) is 0 Å². The smallest absolute Gasteiger partial charge is 0.177 e. The Morgan fingerprint density at radius 1 is 1.46 bits per heavy atom. The van der Waals surface area contributed by atoms with Gasteiger partial charge in [0.05, 0.1) is 11.9 Å². The highest BCUT2D eigenvalue weighted by molar-refractivity contribution is 5.71. The summed E-state index contributed by atoms with van der Waals surface area (Å²) in [5, 5.41) is 7.64. The molecular weight excluding hydrogens is 164 g/mol. The Bertz CT molecular complexity index is 446. The van der Waals surface area contributed by atoms with Crippen LogP contribution in [0.15, 0.2) is 18.6 Å². The lowest BCUT2D eigenvalue weighted by Crippen LogP contribution is -2.13. The zero-order valence-electron chi connectivity index (χ0n) is 7.20. The van der Waals surface area contributed by atoms with E-state index >= 15 is 0 Å². The number of hydrogen-bond donors (Lipinski definition) is 1. The summed E-state index contributed by atoms with van der Waals surface area (Å²) in [6, 6.07) is 0. The molecule has 0 radical (unpaired) electrons. The van der Waals surface area contributed by atoms with Gasteiger partial charge in [-0.15, -0.1) is 0 Å². The van der Waals surface area contributed by atoms with Crippen LogP contribution in [0.4, 0.5) is 5.69 Å². The Balaban J connectivity index is 2.34. The Hall–Kier alpha value is -1.58. The first-order valence-electron chi connectivity index (χ1n) is 4.50. The molecule has 0 atom stereocenters. The standard InChI is InChI=1S/C9H10N4/c1-2-7-6-12-13-5-4-11-9(13)8(7)10-3-1/h4-6,10H,1-3H2. The Labute approximate surface area is 75.6 Å². The number of rotatable bonds is 0. The minimum absolute atomic E-state index is 0.942. The molecule has 1 aliphatic rings. The van der Waals surface area contributed by atoms with Gasteiger partial charge in [0.1, 0.15) is 0 Å². The van der Waals surface area contributed by atoms with E-state index in [9.17, 15) is 0 Å². The van der Waals surface area contributed by atoms with Crippen LogP contribution in [0.2, 0.25) is 0 Å². The van der Waals surface area contributed by atoms with Gasteiger partial charge < -0.3 is 5.32 Å². The quantitative estimate of drug-likeness (QED) is 0.650. The average Bonchev–Trinajstić information content (AvgIpc) is 2.65. The highest BCUT2D eigenvalue weighted by Crippen LogP contribution is 2.24. The maximum Gasteiger partial charge on any atom is 0.177 e. The summed E-state index contributed by atoms with van der Waals surface area (Å²) in [6.45, 7) is 1.04.